The summed E-state index contributed by atoms with van der Waals surface area (Å²) in [5.74, 6) is 0.284. The van der Waals surface area contributed by atoms with Crippen molar-refractivity contribution in [3.05, 3.63) is 0 Å². The normalized spacial score (nSPS) is 9.56. The minimum Gasteiger partial charge on any atom is -0.330 e. The van der Waals surface area contributed by atoms with E-state index in [-0.39, 0.29) is 7.21 Å². The Kier molecular flexibility index (Phi) is 5.52. The number of ketones is 1. The molecule has 0 radical (unpaired) electrons. The van der Waals surface area contributed by atoms with Crippen LogP contribution in [0.15, 0.2) is 0 Å². The zero-order valence-electron chi connectivity index (χ0n) is 6.02. The lowest BCUT2D eigenvalue weighted by atomic mass is 10.1. The molecule has 0 rings (SSSR count). The number of nitrogens with two attached hydrogens (primary N) is 1. The van der Waals surface area contributed by atoms with Crippen LogP contribution in [0.4, 0.5) is 0 Å². The number of Topliss-reactive ketones (excluding diaryl/α,β-unsaturated/α-hetero) is 1. The predicted molar refractivity (Wildman–Crippen MR) is 40.3 cm³/mol. The minimum absolute atomic E-state index is 0. The van der Waals surface area contributed by atoms with Crippen molar-refractivity contribution in [1.29, 1.82) is 0 Å². The second-order valence-corrected chi connectivity index (χ2v) is 2.30. The van der Waals surface area contributed by atoms with Gasteiger partial charge in [0.15, 0.2) is 0 Å². The van der Waals surface area contributed by atoms with E-state index in [4.69, 9.17) is 5.73 Å². The molecule has 0 unspecified atom stereocenters. The Morgan fingerprint density at radius 1 is 1.44 bits per heavy atom. The van der Waals surface area contributed by atoms with E-state index in [0.717, 1.165) is 32.2 Å². The molecule has 0 saturated carbocycles. The first-order chi connectivity index (χ1) is 4.27. The molecule has 0 amide bonds. The van der Waals surface area contributed by atoms with Crippen LogP contribution < -0.4 is 5.73 Å². The van der Waals surface area contributed by atoms with E-state index in [2.05, 4.69) is 0 Å². The molecule has 0 heterocycles. The van der Waals surface area contributed by atoms with Crippen LogP contribution in [-0.4, -0.2) is 12.3 Å². The third-order valence-electron chi connectivity index (χ3n) is 1.23. The zero-order valence-corrected chi connectivity index (χ0v) is 6.02. The van der Waals surface area contributed by atoms with E-state index < -0.39 is 0 Å². The summed E-state index contributed by atoms with van der Waals surface area (Å²) in [6.07, 6.45) is 3.87. The topological polar surface area (TPSA) is 43.1 Å². The monoisotopic (exact) mass is 131 g/mol. The smallest absolute Gasteiger partial charge is 0.129 e. The maximum Gasteiger partial charge on any atom is 0.129 e. The van der Waals surface area contributed by atoms with Gasteiger partial charge in [-0.3, -0.25) is 0 Å². The molecule has 0 aliphatic rings. The van der Waals surface area contributed by atoms with Crippen molar-refractivity contribution in [2.24, 2.45) is 5.73 Å². The van der Waals surface area contributed by atoms with E-state index in [0.29, 0.717) is 0 Å². The van der Waals surface area contributed by atoms with Gasteiger partial charge in [0.1, 0.15) is 5.78 Å². The molecule has 0 saturated heterocycles. The van der Waals surface area contributed by atoms with E-state index in [1.54, 1.807) is 6.92 Å². The van der Waals surface area contributed by atoms with Crippen molar-refractivity contribution < 1.29 is 6.22 Å². The molecular formula is C7H17NO. The molecule has 0 atom stereocenters. The molecule has 2 heteroatoms. The first kappa shape index (κ1) is 8.63. The fraction of sp³-hybridized carbons (Fsp3) is 0.857. The number of hydrogen-bond donors (Lipinski definition) is 1. The molecule has 2 N–H and O–H groups in total. The van der Waals surface area contributed by atoms with Gasteiger partial charge in [0.25, 0.3) is 0 Å². The lowest BCUT2D eigenvalue weighted by molar-refractivity contribution is -0.117. The van der Waals surface area contributed by atoms with Crippen LogP contribution in [0.5, 0.6) is 0 Å². The van der Waals surface area contributed by atoms with Gasteiger partial charge in [-0.15, -0.1) is 0 Å². The molecule has 0 aliphatic carbocycles. The number of carbonyl (C=O) groups excluding carboxylic acids is 1. The van der Waals surface area contributed by atoms with Gasteiger partial charge in [-0.2, -0.15) is 0 Å². The number of hydrogen-bond acceptors (Lipinski definition) is 2. The van der Waals surface area contributed by atoms with E-state index in [1.807, 2.05) is 0 Å². The van der Waals surface area contributed by atoms with Crippen LogP contribution in [0.25, 0.3) is 0 Å². The Labute approximate surface area is 57.9 Å². The summed E-state index contributed by atoms with van der Waals surface area (Å²) < 4.78 is 0. The van der Waals surface area contributed by atoms with E-state index in [1.165, 1.54) is 0 Å². The molecule has 0 aromatic rings. The molecule has 9 heavy (non-hydrogen) atoms. The Bertz CT molecular complexity index is 85.7. The number of rotatable bonds is 5. The van der Waals surface area contributed by atoms with Gasteiger partial charge >= 0.3 is 0 Å². The van der Waals surface area contributed by atoms with Crippen LogP contribution in [0.1, 0.15) is 34.0 Å². The quantitative estimate of drug-likeness (QED) is 0.572. The predicted octanol–water partition coefficient (Wildman–Crippen LogP) is 1.34. The highest BCUT2D eigenvalue weighted by Gasteiger charge is 1.91. The van der Waals surface area contributed by atoms with Crippen LogP contribution in [0.2, 0.25) is 0 Å². The van der Waals surface area contributed by atoms with Gasteiger partial charge in [0, 0.05) is 7.85 Å². The summed E-state index contributed by atoms with van der Waals surface area (Å²) in [4.78, 5) is 10.4. The highest BCUT2D eigenvalue weighted by molar-refractivity contribution is 5.75. The molecule has 0 bridgehead atoms. The van der Waals surface area contributed by atoms with E-state index in [9.17, 15) is 4.79 Å². The Hall–Kier alpha value is -0.370. The van der Waals surface area contributed by atoms with Crippen molar-refractivity contribution >= 4 is 5.78 Å². The van der Waals surface area contributed by atoms with Crippen molar-refractivity contribution in [3.8, 4) is 0 Å². The number of unbranched alkanes of at least 4 members (excludes halogenated alkanes) is 2. The van der Waals surface area contributed by atoms with Crippen molar-refractivity contribution in [2.45, 2.75) is 32.6 Å². The van der Waals surface area contributed by atoms with E-state index >= 15 is 0 Å². The SMILES string of the molecule is CC(=O)CCCCCN.[HH]. The first-order valence-corrected chi connectivity index (χ1v) is 3.47. The van der Waals surface area contributed by atoms with Crippen LogP contribution >= 0.6 is 0 Å². The highest BCUT2D eigenvalue weighted by atomic mass is 16.1. The molecule has 0 aromatic heterocycles. The van der Waals surface area contributed by atoms with Gasteiger partial charge in [-0.05, 0) is 26.3 Å². The molecule has 0 aliphatic heterocycles. The van der Waals surface area contributed by atoms with Gasteiger partial charge in [0.05, 0.1) is 0 Å². The van der Waals surface area contributed by atoms with Gasteiger partial charge < -0.3 is 10.5 Å². The van der Waals surface area contributed by atoms with Crippen LogP contribution in [-0.2, 0) is 4.79 Å². The average molecular weight is 131 g/mol. The van der Waals surface area contributed by atoms with Crippen LogP contribution in [0, 0.1) is 0 Å². The Morgan fingerprint density at radius 2 is 2.11 bits per heavy atom. The zero-order chi connectivity index (χ0) is 7.11. The summed E-state index contributed by atoms with van der Waals surface area (Å²) in [5.41, 5.74) is 5.26. The van der Waals surface area contributed by atoms with Crippen molar-refractivity contribution in [2.75, 3.05) is 6.54 Å². The fourth-order valence-electron chi connectivity index (χ4n) is 0.695. The summed E-state index contributed by atoms with van der Waals surface area (Å²) in [6.45, 7) is 2.38. The maximum atomic E-state index is 10.4. The van der Waals surface area contributed by atoms with Gasteiger partial charge in [-0.1, -0.05) is 6.42 Å². The second-order valence-electron chi connectivity index (χ2n) is 2.30. The summed E-state index contributed by atoms with van der Waals surface area (Å²) in [6, 6.07) is 0. The standard InChI is InChI=1S/C7H15NO.H2/c1-7(9)5-3-2-4-6-8;/h2-6,8H2,1H3;1H. The highest BCUT2D eigenvalue weighted by Crippen LogP contribution is 1.98. The molecule has 0 spiro atoms. The molecule has 56 valence electrons. The van der Waals surface area contributed by atoms with Gasteiger partial charge in [0.2, 0.25) is 0 Å². The van der Waals surface area contributed by atoms with Crippen molar-refractivity contribution in [3.63, 3.8) is 0 Å². The Morgan fingerprint density at radius 3 is 2.56 bits per heavy atom. The summed E-state index contributed by atoms with van der Waals surface area (Å²) in [7, 11) is 0. The lowest BCUT2D eigenvalue weighted by Crippen LogP contribution is -1.98. The average Bonchev–Trinajstić information content (AvgIpc) is 1.80. The van der Waals surface area contributed by atoms with Crippen LogP contribution in [0.3, 0.4) is 0 Å². The first-order valence-electron chi connectivity index (χ1n) is 3.47. The lowest BCUT2D eigenvalue weighted by Gasteiger charge is -1.93. The Balaban J connectivity index is 0. The van der Waals surface area contributed by atoms with Crippen molar-refractivity contribution in [1.82, 2.24) is 0 Å². The molecule has 0 fully saturated rings. The number of carbonyl (C=O) groups is 1. The maximum absolute atomic E-state index is 10.4. The minimum atomic E-state index is 0. The third kappa shape index (κ3) is 7.63. The summed E-state index contributed by atoms with van der Waals surface area (Å²) >= 11 is 0. The fourth-order valence-corrected chi connectivity index (χ4v) is 0.695. The molecular weight excluding hydrogens is 114 g/mol. The molecule has 2 nitrogen and oxygen atoms in total. The van der Waals surface area contributed by atoms with Gasteiger partial charge in [-0.25, -0.2) is 0 Å². The second kappa shape index (κ2) is 5.76. The largest absolute Gasteiger partial charge is 0.330 e. The summed E-state index contributed by atoms with van der Waals surface area (Å²) in [5, 5.41) is 0. The molecule has 0 aromatic carbocycles. The third-order valence-corrected chi connectivity index (χ3v) is 1.23.